The number of nitrogens with zero attached hydrogens (tertiary/aromatic N) is 5. The minimum atomic E-state index is -0.387. The first kappa shape index (κ1) is 33.6. The van der Waals surface area contributed by atoms with Gasteiger partial charge < -0.3 is 10.1 Å². The van der Waals surface area contributed by atoms with Crippen LogP contribution in [-0.2, 0) is 18.6 Å². The van der Waals surface area contributed by atoms with Gasteiger partial charge >= 0.3 is 6.03 Å². The van der Waals surface area contributed by atoms with E-state index in [0.717, 1.165) is 37.9 Å². The van der Waals surface area contributed by atoms with E-state index in [2.05, 4.69) is 20.8 Å². The van der Waals surface area contributed by atoms with Gasteiger partial charge in [0.05, 0.1) is 16.9 Å². The number of anilines is 1. The van der Waals surface area contributed by atoms with E-state index < -0.39 is 0 Å². The van der Waals surface area contributed by atoms with Crippen LogP contribution < -0.4 is 15.4 Å². The predicted molar refractivity (Wildman–Crippen MR) is 198 cm³/mol. The Balaban J connectivity index is 1.07. The first-order chi connectivity index (χ1) is 24.7. The molecule has 0 saturated carbocycles. The topological polar surface area (TPSA) is 98.4 Å². The molecule has 7 aromatic rings. The first-order valence-electron chi connectivity index (χ1n) is 16.5. The van der Waals surface area contributed by atoms with E-state index in [4.69, 9.17) is 9.84 Å². The van der Waals surface area contributed by atoms with E-state index in [9.17, 15) is 9.18 Å². The van der Waals surface area contributed by atoms with Gasteiger partial charge in [0, 0.05) is 34.0 Å². The normalized spacial score (nSPS) is 11.5. The largest absolute Gasteiger partial charge is 0.488 e. The summed E-state index contributed by atoms with van der Waals surface area (Å²) in [5.41, 5.74) is 4.76. The lowest BCUT2D eigenvalue weighted by atomic mass is 9.92. The van der Waals surface area contributed by atoms with Crippen molar-refractivity contribution in [1.29, 1.82) is 0 Å². The van der Waals surface area contributed by atoms with Crippen molar-refractivity contribution in [3.8, 4) is 22.8 Å². The highest BCUT2D eigenvalue weighted by molar-refractivity contribution is 7.99. The molecule has 0 radical (unpaired) electrons. The Kier molecular flexibility index (Phi) is 9.54. The van der Waals surface area contributed by atoms with Crippen LogP contribution in [0, 0.1) is 5.82 Å². The number of pyridine rings is 1. The van der Waals surface area contributed by atoms with E-state index in [1.165, 1.54) is 12.1 Å². The predicted octanol–water partition coefficient (Wildman–Crippen LogP) is 9.07. The van der Waals surface area contributed by atoms with E-state index in [-0.39, 0.29) is 23.8 Å². The van der Waals surface area contributed by atoms with Gasteiger partial charge in [-0.1, -0.05) is 93.2 Å². The second-order valence-electron chi connectivity index (χ2n) is 13.0. The quantitative estimate of drug-likeness (QED) is 0.148. The van der Waals surface area contributed by atoms with E-state index >= 15 is 0 Å². The molecule has 256 valence electrons. The van der Waals surface area contributed by atoms with E-state index in [0.29, 0.717) is 29.6 Å². The number of nitrogens with one attached hydrogen (secondary N) is 2. The summed E-state index contributed by atoms with van der Waals surface area (Å²) in [7, 11) is 0. The van der Waals surface area contributed by atoms with Crippen molar-refractivity contribution >= 4 is 29.3 Å². The van der Waals surface area contributed by atoms with Crippen LogP contribution in [0.25, 0.3) is 22.7 Å². The zero-order chi connectivity index (χ0) is 35.4. The standard InChI is InChI=1S/C40H36FN7O2S/c1-40(2,3)35-23-37(48(46-35)30-19-17-29(41)18-20-30)43-39(49)42-24-28-13-7-10-16-34(28)51-31-21-22-36-44-45-38(47(36)25-31)32-14-8-9-15-33(32)50-26-27-11-5-4-6-12-27/h4-23,25H,24,26H2,1-3H3,(H2,42,43,49). The molecule has 11 heteroatoms. The Labute approximate surface area is 299 Å². The van der Waals surface area contributed by atoms with Crippen molar-refractivity contribution < 1.29 is 13.9 Å². The lowest BCUT2D eigenvalue weighted by Gasteiger charge is -2.14. The maximum Gasteiger partial charge on any atom is 0.320 e. The van der Waals surface area contributed by atoms with Gasteiger partial charge in [0.15, 0.2) is 11.5 Å². The Morgan fingerprint density at radius 3 is 2.41 bits per heavy atom. The number of hydrogen-bond acceptors (Lipinski definition) is 6. The third-order valence-corrected chi connectivity index (χ3v) is 9.27. The molecule has 9 nitrogen and oxygen atoms in total. The number of rotatable bonds is 10. The Bertz CT molecular complexity index is 2300. The van der Waals surface area contributed by atoms with Crippen LogP contribution >= 0.6 is 11.8 Å². The molecule has 0 saturated heterocycles. The molecule has 0 spiro atoms. The van der Waals surface area contributed by atoms with E-state index in [1.54, 1.807) is 28.6 Å². The number of ether oxygens (including phenoxy) is 1. The molecule has 0 aliphatic rings. The lowest BCUT2D eigenvalue weighted by Crippen LogP contribution is -2.29. The minimum absolute atomic E-state index is 0.259. The van der Waals surface area contributed by atoms with E-state index in [1.807, 2.05) is 128 Å². The SMILES string of the molecule is CC(C)(C)c1cc(NC(=O)NCc2ccccc2Sc2ccc3nnc(-c4ccccc4OCc4ccccc4)n3c2)n(-c2ccc(F)cc2)n1. The van der Waals surface area contributed by atoms with Gasteiger partial charge in [-0.3, -0.25) is 9.72 Å². The van der Waals surface area contributed by atoms with Gasteiger partial charge in [0.2, 0.25) is 0 Å². The second kappa shape index (κ2) is 14.5. The number of fused-ring (bicyclic) bond motifs is 1. The molecule has 7 rings (SSSR count). The molecule has 51 heavy (non-hydrogen) atoms. The third kappa shape index (κ3) is 7.79. The lowest BCUT2D eigenvalue weighted by molar-refractivity contribution is 0.251. The van der Waals surface area contributed by atoms with Crippen molar-refractivity contribution in [2.75, 3.05) is 5.32 Å². The molecular formula is C40H36FN7O2S. The molecule has 3 aromatic heterocycles. The summed E-state index contributed by atoms with van der Waals surface area (Å²) < 4.78 is 23.5. The molecule has 0 atom stereocenters. The summed E-state index contributed by atoms with van der Waals surface area (Å²) in [4.78, 5) is 15.2. The highest BCUT2D eigenvalue weighted by Crippen LogP contribution is 2.34. The molecule has 0 unspecified atom stereocenters. The van der Waals surface area contributed by atoms with Gasteiger partial charge in [-0.15, -0.1) is 10.2 Å². The van der Waals surface area contributed by atoms with Crippen LogP contribution in [0.5, 0.6) is 5.75 Å². The van der Waals surface area contributed by atoms with Crippen LogP contribution in [0.3, 0.4) is 0 Å². The van der Waals surface area contributed by atoms with Crippen LogP contribution in [0.15, 0.2) is 137 Å². The molecular weight excluding hydrogens is 662 g/mol. The summed E-state index contributed by atoms with van der Waals surface area (Å²) in [6.07, 6.45) is 2.02. The Hall–Kier alpha value is -5.94. The first-order valence-corrected chi connectivity index (χ1v) is 17.3. The number of carbonyl (C=O) groups is 1. The van der Waals surface area contributed by atoms with Crippen molar-refractivity contribution in [1.82, 2.24) is 29.7 Å². The third-order valence-electron chi connectivity index (χ3n) is 8.17. The molecule has 2 N–H and O–H groups in total. The average molecular weight is 698 g/mol. The van der Waals surface area contributed by atoms with Crippen LogP contribution in [0.4, 0.5) is 15.0 Å². The fourth-order valence-electron chi connectivity index (χ4n) is 5.46. The smallest absolute Gasteiger partial charge is 0.320 e. The fourth-order valence-corrected chi connectivity index (χ4v) is 6.42. The number of aromatic nitrogens is 5. The molecule has 0 aliphatic heterocycles. The van der Waals surface area contributed by atoms with Crippen LogP contribution in [0.2, 0.25) is 0 Å². The Morgan fingerprint density at radius 2 is 1.61 bits per heavy atom. The van der Waals surface area contributed by atoms with Gasteiger partial charge in [-0.25, -0.2) is 13.9 Å². The number of amides is 2. The molecule has 2 amide bonds. The summed E-state index contributed by atoms with van der Waals surface area (Å²) in [6, 6.07) is 37.2. The number of para-hydroxylation sites is 1. The monoisotopic (exact) mass is 697 g/mol. The molecule has 0 bridgehead atoms. The van der Waals surface area contributed by atoms with Crippen molar-refractivity contribution in [2.45, 2.75) is 49.1 Å². The van der Waals surface area contributed by atoms with Gasteiger partial charge in [-0.05, 0) is 65.7 Å². The fraction of sp³-hybridized carbons (Fsp3) is 0.150. The van der Waals surface area contributed by atoms with Crippen LogP contribution in [0.1, 0.15) is 37.6 Å². The highest BCUT2D eigenvalue weighted by Gasteiger charge is 2.22. The summed E-state index contributed by atoms with van der Waals surface area (Å²) in [6.45, 7) is 6.87. The van der Waals surface area contributed by atoms with Crippen LogP contribution in [-0.4, -0.2) is 30.4 Å². The molecule has 4 aromatic carbocycles. The summed E-state index contributed by atoms with van der Waals surface area (Å²) >= 11 is 1.59. The van der Waals surface area contributed by atoms with Gasteiger partial charge in [-0.2, -0.15) is 5.10 Å². The molecule has 3 heterocycles. The zero-order valence-electron chi connectivity index (χ0n) is 28.4. The molecule has 0 fully saturated rings. The van der Waals surface area contributed by atoms with Crippen molar-refractivity contribution in [3.63, 3.8) is 0 Å². The minimum Gasteiger partial charge on any atom is -0.488 e. The highest BCUT2D eigenvalue weighted by atomic mass is 32.2. The average Bonchev–Trinajstić information content (AvgIpc) is 3.76. The second-order valence-corrected chi connectivity index (χ2v) is 14.1. The number of urea groups is 1. The maximum absolute atomic E-state index is 13.6. The van der Waals surface area contributed by atoms with Crippen molar-refractivity contribution in [2.24, 2.45) is 0 Å². The maximum atomic E-state index is 13.6. The van der Waals surface area contributed by atoms with Gasteiger partial charge in [0.25, 0.3) is 0 Å². The number of hydrogen-bond donors (Lipinski definition) is 2. The summed E-state index contributed by atoms with van der Waals surface area (Å²) in [5.74, 6) is 1.54. The Morgan fingerprint density at radius 1 is 0.863 bits per heavy atom. The number of benzene rings is 4. The number of carbonyl (C=O) groups excluding carboxylic acids is 1. The summed E-state index contributed by atoms with van der Waals surface area (Å²) in [5, 5.41) is 19.6. The number of halogens is 1. The van der Waals surface area contributed by atoms with Crippen molar-refractivity contribution in [3.05, 3.63) is 150 Å². The zero-order valence-corrected chi connectivity index (χ0v) is 29.2. The van der Waals surface area contributed by atoms with Gasteiger partial charge in [0.1, 0.15) is 24.0 Å². The molecule has 0 aliphatic carbocycles.